The summed E-state index contributed by atoms with van der Waals surface area (Å²) in [7, 11) is -5.69. The molecule has 0 fully saturated rings. The minimum atomic E-state index is -5.69. The molecule has 21 heavy (non-hydrogen) atoms. The zero-order valence-corrected chi connectivity index (χ0v) is 12.6. The lowest BCUT2D eigenvalue weighted by Gasteiger charge is -2.15. The molecule has 8 heteroatoms. The third-order valence-electron chi connectivity index (χ3n) is 3.15. The Kier molecular flexibility index (Phi) is 4.26. The fraction of sp³-hybridized carbons (Fsp3) is 0.385. The van der Waals surface area contributed by atoms with Crippen molar-refractivity contribution >= 4 is 27.5 Å². The molecule has 0 spiro atoms. The maximum atomic E-state index is 12.4. The van der Waals surface area contributed by atoms with E-state index in [1.165, 1.54) is 12.1 Å². The third-order valence-corrected chi connectivity index (χ3v) is 4.64. The highest BCUT2D eigenvalue weighted by molar-refractivity contribution is 7.87. The third kappa shape index (κ3) is 3.18. The van der Waals surface area contributed by atoms with Gasteiger partial charge in [-0.2, -0.15) is 21.6 Å². The molecule has 1 aromatic carbocycles. The second-order valence-electron chi connectivity index (χ2n) is 4.67. The van der Waals surface area contributed by atoms with Crippen LogP contribution in [-0.4, -0.2) is 13.9 Å². The molecule has 0 atom stereocenters. The van der Waals surface area contributed by atoms with E-state index in [9.17, 15) is 21.6 Å². The minimum Gasteiger partial charge on any atom is -0.376 e. The van der Waals surface area contributed by atoms with Crippen LogP contribution in [0.4, 0.5) is 13.2 Å². The largest absolute Gasteiger partial charge is 0.534 e. The first-order valence-corrected chi connectivity index (χ1v) is 7.91. The fourth-order valence-corrected chi connectivity index (χ4v) is 2.83. The van der Waals surface area contributed by atoms with Gasteiger partial charge in [-0.3, -0.25) is 0 Å². The summed E-state index contributed by atoms with van der Waals surface area (Å²) in [5, 5.41) is 0.424. The molecule has 1 aliphatic carbocycles. The van der Waals surface area contributed by atoms with Gasteiger partial charge in [-0.15, -0.1) is 0 Å². The number of halogens is 4. The Morgan fingerprint density at radius 2 is 1.95 bits per heavy atom. The number of alkyl halides is 3. The molecule has 0 saturated carbocycles. The first-order chi connectivity index (χ1) is 9.63. The molecule has 0 radical (unpaired) electrons. The van der Waals surface area contributed by atoms with Crippen LogP contribution >= 0.6 is 11.6 Å². The van der Waals surface area contributed by atoms with Gasteiger partial charge in [0.2, 0.25) is 0 Å². The number of benzene rings is 1. The number of hydrogen-bond donors (Lipinski definition) is 0. The second kappa shape index (κ2) is 5.53. The SMILES string of the molecule is Cc1ccc2c(c1Cl)CCCC=C2OS(=O)(=O)C(F)(F)F. The Morgan fingerprint density at radius 3 is 2.57 bits per heavy atom. The number of hydrogen-bond acceptors (Lipinski definition) is 3. The van der Waals surface area contributed by atoms with Gasteiger partial charge in [0.05, 0.1) is 0 Å². The van der Waals surface area contributed by atoms with Crippen LogP contribution in [0.2, 0.25) is 5.02 Å². The molecular formula is C13H12ClF3O3S. The molecular weight excluding hydrogens is 329 g/mol. The predicted octanol–water partition coefficient (Wildman–Crippen LogP) is 4.19. The predicted molar refractivity (Wildman–Crippen MR) is 73.2 cm³/mol. The first kappa shape index (κ1) is 16.2. The second-order valence-corrected chi connectivity index (χ2v) is 6.58. The maximum absolute atomic E-state index is 12.4. The smallest absolute Gasteiger partial charge is 0.376 e. The summed E-state index contributed by atoms with van der Waals surface area (Å²) >= 11 is 6.16. The van der Waals surface area contributed by atoms with E-state index in [4.69, 9.17) is 11.6 Å². The maximum Gasteiger partial charge on any atom is 0.534 e. The van der Waals surface area contributed by atoms with Crippen LogP contribution < -0.4 is 0 Å². The molecule has 0 bridgehead atoms. The van der Waals surface area contributed by atoms with Crippen molar-refractivity contribution in [3.8, 4) is 0 Å². The quantitative estimate of drug-likeness (QED) is 0.599. The lowest BCUT2D eigenvalue weighted by molar-refractivity contribution is -0.0509. The van der Waals surface area contributed by atoms with Crippen molar-refractivity contribution in [1.82, 2.24) is 0 Å². The average Bonchev–Trinajstić information content (AvgIpc) is 2.55. The minimum absolute atomic E-state index is 0.288. The summed E-state index contributed by atoms with van der Waals surface area (Å²) < 4.78 is 64.0. The van der Waals surface area contributed by atoms with Crippen LogP contribution in [0.5, 0.6) is 0 Å². The molecule has 0 saturated heterocycles. The van der Waals surface area contributed by atoms with Crippen molar-refractivity contribution in [2.24, 2.45) is 0 Å². The van der Waals surface area contributed by atoms with E-state index in [2.05, 4.69) is 4.18 Å². The molecule has 116 valence electrons. The van der Waals surface area contributed by atoms with Crippen molar-refractivity contribution in [3.63, 3.8) is 0 Å². The van der Waals surface area contributed by atoms with Gasteiger partial charge < -0.3 is 4.18 Å². The molecule has 0 unspecified atom stereocenters. The standard InChI is InChI=1S/C13H12ClF3O3S/c1-8-6-7-9-10(12(8)14)4-2-3-5-11(9)20-21(18,19)13(15,16)17/h5-7H,2-4H2,1H3. The van der Waals surface area contributed by atoms with E-state index in [1.54, 1.807) is 13.0 Å². The molecule has 0 amide bonds. The lowest BCUT2D eigenvalue weighted by Crippen LogP contribution is -2.25. The zero-order chi connectivity index (χ0) is 15.8. The Balaban J connectivity index is 2.49. The van der Waals surface area contributed by atoms with E-state index >= 15 is 0 Å². The summed E-state index contributed by atoms with van der Waals surface area (Å²) in [4.78, 5) is 0. The van der Waals surface area contributed by atoms with Crippen LogP contribution in [0.3, 0.4) is 0 Å². The van der Waals surface area contributed by atoms with Gasteiger partial charge in [-0.1, -0.05) is 23.7 Å². The zero-order valence-electron chi connectivity index (χ0n) is 11.0. The van der Waals surface area contributed by atoms with Gasteiger partial charge in [-0.05, 0) is 43.4 Å². The number of fused-ring (bicyclic) bond motifs is 1. The van der Waals surface area contributed by atoms with E-state index in [-0.39, 0.29) is 11.3 Å². The van der Waals surface area contributed by atoms with Crippen LogP contribution in [0, 0.1) is 6.92 Å². The summed E-state index contributed by atoms with van der Waals surface area (Å²) in [6.07, 6.45) is 2.95. The fourth-order valence-electron chi connectivity index (χ4n) is 2.08. The van der Waals surface area contributed by atoms with Crippen molar-refractivity contribution < 1.29 is 25.8 Å². The van der Waals surface area contributed by atoms with Crippen molar-refractivity contribution in [3.05, 3.63) is 39.9 Å². The highest BCUT2D eigenvalue weighted by Crippen LogP contribution is 2.36. The van der Waals surface area contributed by atoms with Crippen LogP contribution in [0.15, 0.2) is 18.2 Å². The number of allylic oxidation sites excluding steroid dienone is 1. The Morgan fingerprint density at radius 1 is 1.29 bits per heavy atom. The summed E-state index contributed by atoms with van der Waals surface area (Å²) in [6, 6.07) is 3.14. The Hall–Kier alpha value is -1.21. The normalized spacial score (nSPS) is 16.0. The summed E-state index contributed by atoms with van der Waals surface area (Å²) in [5.74, 6) is -0.318. The van der Waals surface area contributed by atoms with E-state index in [1.807, 2.05) is 0 Å². The van der Waals surface area contributed by atoms with Crippen molar-refractivity contribution in [1.29, 1.82) is 0 Å². The number of aryl methyl sites for hydroxylation is 1. The summed E-state index contributed by atoms with van der Waals surface area (Å²) in [6.45, 7) is 1.77. The Labute approximate surface area is 125 Å². The first-order valence-electron chi connectivity index (χ1n) is 6.13. The van der Waals surface area contributed by atoms with Gasteiger partial charge in [-0.25, -0.2) is 0 Å². The average molecular weight is 341 g/mol. The van der Waals surface area contributed by atoms with Crippen LogP contribution in [0.1, 0.15) is 29.5 Å². The lowest BCUT2D eigenvalue weighted by atomic mass is 10.0. The van der Waals surface area contributed by atoms with Crippen molar-refractivity contribution in [2.45, 2.75) is 31.7 Å². The van der Waals surface area contributed by atoms with E-state index in [0.29, 0.717) is 29.8 Å². The van der Waals surface area contributed by atoms with Crippen LogP contribution in [0.25, 0.3) is 5.76 Å². The van der Waals surface area contributed by atoms with Gasteiger partial charge >= 0.3 is 15.6 Å². The molecule has 0 aromatic heterocycles. The van der Waals surface area contributed by atoms with Crippen LogP contribution in [-0.2, 0) is 20.7 Å². The molecule has 1 aromatic rings. The molecule has 0 heterocycles. The molecule has 0 N–H and O–H groups in total. The van der Waals surface area contributed by atoms with Gasteiger partial charge in [0, 0.05) is 10.6 Å². The topological polar surface area (TPSA) is 43.4 Å². The molecule has 3 nitrogen and oxygen atoms in total. The highest BCUT2D eigenvalue weighted by Gasteiger charge is 2.49. The van der Waals surface area contributed by atoms with Crippen molar-refractivity contribution in [2.75, 3.05) is 0 Å². The van der Waals surface area contributed by atoms with E-state index in [0.717, 1.165) is 5.56 Å². The number of rotatable bonds is 2. The van der Waals surface area contributed by atoms with Gasteiger partial charge in [0.1, 0.15) is 5.76 Å². The molecule has 0 aliphatic heterocycles. The van der Waals surface area contributed by atoms with Gasteiger partial charge in [0.25, 0.3) is 0 Å². The summed E-state index contributed by atoms with van der Waals surface area (Å²) in [5.41, 5.74) is -3.79. The Bertz CT molecular complexity index is 693. The van der Waals surface area contributed by atoms with E-state index < -0.39 is 15.6 Å². The molecule has 2 rings (SSSR count). The monoisotopic (exact) mass is 340 g/mol. The molecule has 1 aliphatic rings. The van der Waals surface area contributed by atoms with Gasteiger partial charge in [0.15, 0.2) is 0 Å². The highest BCUT2D eigenvalue weighted by atomic mass is 35.5.